The summed E-state index contributed by atoms with van der Waals surface area (Å²) in [6.07, 6.45) is 6.04. The van der Waals surface area contributed by atoms with E-state index in [4.69, 9.17) is 16.3 Å². The first kappa shape index (κ1) is 13.6. The predicted molar refractivity (Wildman–Crippen MR) is 68.8 cm³/mol. The van der Waals surface area contributed by atoms with Crippen molar-refractivity contribution in [3.05, 3.63) is 29.8 Å². The molecule has 3 heteroatoms. The molecule has 1 aromatic rings. The van der Waals surface area contributed by atoms with Gasteiger partial charge in [0.05, 0.1) is 6.61 Å². The number of aliphatic hydroxyl groups excluding tert-OH is 1. The molecule has 0 saturated carbocycles. The number of benzene rings is 1. The quantitative estimate of drug-likeness (QED) is 0.702. The van der Waals surface area contributed by atoms with Crippen LogP contribution in [0.1, 0.15) is 18.9 Å². The highest BCUT2D eigenvalue weighted by Gasteiger charge is 2.03. The van der Waals surface area contributed by atoms with Crippen LogP contribution in [0.25, 0.3) is 0 Å². The zero-order valence-electron chi connectivity index (χ0n) is 10.1. The number of hydrogen-bond donors (Lipinski definition) is 2. The average Bonchev–Trinajstić information content (AvgIpc) is 2.38. The molecule has 0 aliphatic carbocycles. The summed E-state index contributed by atoms with van der Waals surface area (Å²) in [6, 6.07) is 7.92. The molecule has 0 saturated heterocycles. The van der Waals surface area contributed by atoms with Crippen LogP contribution in [-0.2, 0) is 6.54 Å². The molecule has 0 aliphatic heterocycles. The summed E-state index contributed by atoms with van der Waals surface area (Å²) in [5.74, 6) is 3.21. The van der Waals surface area contributed by atoms with Crippen LogP contribution >= 0.6 is 0 Å². The number of nitrogens with one attached hydrogen (secondary N) is 1. The van der Waals surface area contributed by atoms with Gasteiger partial charge >= 0.3 is 0 Å². The zero-order valence-corrected chi connectivity index (χ0v) is 10.1. The van der Waals surface area contributed by atoms with Crippen molar-refractivity contribution in [1.82, 2.24) is 5.32 Å². The van der Waals surface area contributed by atoms with E-state index in [0.717, 1.165) is 17.7 Å². The van der Waals surface area contributed by atoms with Crippen LogP contribution in [0.3, 0.4) is 0 Å². The highest BCUT2D eigenvalue weighted by atomic mass is 16.5. The maximum absolute atomic E-state index is 9.07. The number of aliphatic hydroxyl groups is 1. The molecule has 0 aromatic heterocycles. The highest BCUT2D eigenvalue weighted by molar-refractivity contribution is 5.28. The zero-order chi connectivity index (χ0) is 12.5. The fourth-order valence-electron chi connectivity index (χ4n) is 1.47. The van der Waals surface area contributed by atoms with Crippen LogP contribution in [0.5, 0.6) is 5.75 Å². The van der Waals surface area contributed by atoms with Gasteiger partial charge < -0.3 is 15.2 Å². The van der Waals surface area contributed by atoms with Crippen LogP contribution < -0.4 is 10.1 Å². The van der Waals surface area contributed by atoms with Crippen molar-refractivity contribution >= 4 is 0 Å². The Bertz CT molecular complexity index is 367. The van der Waals surface area contributed by atoms with E-state index < -0.39 is 0 Å². The number of terminal acetylenes is 1. The number of ether oxygens (including phenoxy) is 1. The molecule has 1 aromatic carbocycles. The molecule has 0 aliphatic rings. The standard InChI is InChI=1S/C14H19NO2/c1-3-8-17-14-7-5-6-12(9-14)10-15-13(4-2)11-16/h1,5-7,9,13,15-16H,4,8,10-11H2,2H3. The Hall–Kier alpha value is -1.50. The van der Waals surface area contributed by atoms with E-state index in [1.807, 2.05) is 31.2 Å². The van der Waals surface area contributed by atoms with Gasteiger partial charge in [0.2, 0.25) is 0 Å². The van der Waals surface area contributed by atoms with Crippen molar-refractivity contribution in [3.63, 3.8) is 0 Å². The van der Waals surface area contributed by atoms with Crippen molar-refractivity contribution < 1.29 is 9.84 Å². The van der Waals surface area contributed by atoms with Gasteiger partial charge in [-0.25, -0.2) is 0 Å². The minimum Gasteiger partial charge on any atom is -0.481 e. The van der Waals surface area contributed by atoms with Gasteiger partial charge in [0.15, 0.2) is 0 Å². The third-order valence-electron chi connectivity index (χ3n) is 2.53. The van der Waals surface area contributed by atoms with Gasteiger partial charge in [-0.05, 0) is 24.1 Å². The van der Waals surface area contributed by atoms with Crippen molar-refractivity contribution in [1.29, 1.82) is 0 Å². The molecule has 0 radical (unpaired) electrons. The molecule has 0 bridgehead atoms. The maximum atomic E-state index is 9.07. The highest BCUT2D eigenvalue weighted by Crippen LogP contribution is 2.13. The summed E-state index contributed by atoms with van der Waals surface area (Å²) < 4.78 is 5.34. The van der Waals surface area contributed by atoms with E-state index in [9.17, 15) is 0 Å². The second-order valence-corrected chi connectivity index (χ2v) is 3.81. The molecule has 1 atom stereocenters. The maximum Gasteiger partial charge on any atom is 0.148 e. The number of rotatable bonds is 7. The monoisotopic (exact) mass is 233 g/mol. The number of hydrogen-bond acceptors (Lipinski definition) is 3. The molecule has 2 N–H and O–H groups in total. The molecule has 1 rings (SSSR count). The summed E-state index contributed by atoms with van der Waals surface area (Å²) in [6.45, 7) is 3.20. The van der Waals surface area contributed by atoms with Gasteiger partial charge in [0.1, 0.15) is 12.4 Å². The van der Waals surface area contributed by atoms with E-state index in [1.165, 1.54) is 0 Å². The van der Waals surface area contributed by atoms with Crippen molar-refractivity contribution in [2.45, 2.75) is 25.9 Å². The molecule has 0 fully saturated rings. The summed E-state index contributed by atoms with van der Waals surface area (Å²) >= 11 is 0. The third-order valence-corrected chi connectivity index (χ3v) is 2.53. The first-order valence-electron chi connectivity index (χ1n) is 5.79. The molecule has 1 unspecified atom stereocenters. The lowest BCUT2D eigenvalue weighted by Crippen LogP contribution is -2.31. The topological polar surface area (TPSA) is 41.5 Å². The van der Waals surface area contributed by atoms with Gasteiger partial charge in [0, 0.05) is 12.6 Å². The van der Waals surface area contributed by atoms with Crippen molar-refractivity contribution in [2.75, 3.05) is 13.2 Å². The lowest BCUT2D eigenvalue weighted by Gasteiger charge is -2.14. The Morgan fingerprint density at radius 3 is 3.00 bits per heavy atom. The average molecular weight is 233 g/mol. The van der Waals surface area contributed by atoms with Crippen LogP contribution in [0.15, 0.2) is 24.3 Å². The molecule has 3 nitrogen and oxygen atoms in total. The molecular formula is C14H19NO2. The second kappa shape index (κ2) is 7.72. The summed E-state index contributed by atoms with van der Waals surface area (Å²) in [7, 11) is 0. The van der Waals surface area contributed by atoms with Crippen LogP contribution in [0.4, 0.5) is 0 Å². The Morgan fingerprint density at radius 1 is 1.53 bits per heavy atom. The summed E-state index contributed by atoms with van der Waals surface area (Å²) in [5.41, 5.74) is 1.12. The SMILES string of the molecule is C#CCOc1cccc(CNC(CC)CO)c1. The second-order valence-electron chi connectivity index (χ2n) is 3.81. The first-order valence-corrected chi connectivity index (χ1v) is 5.79. The van der Waals surface area contributed by atoms with E-state index in [1.54, 1.807) is 0 Å². The molecule has 0 heterocycles. The Balaban J connectivity index is 2.51. The summed E-state index contributed by atoms with van der Waals surface area (Å²) in [4.78, 5) is 0. The molecular weight excluding hydrogens is 214 g/mol. The van der Waals surface area contributed by atoms with Gasteiger partial charge in [0.25, 0.3) is 0 Å². The van der Waals surface area contributed by atoms with E-state index in [2.05, 4.69) is 11.2 Å². The van der Waals surface area contributed by atoms with Gasteiger partial charge in [-0.3, -0.25) is 0 Å². The van der Waals surface area contributed by atoms with Crippen LogP contribution in [0, 0.1) is 12.3 Å². The minimum absolute atomic E-state index is 0.144. The largest absolute Gasteiger partial charge is 0.481 e. The van der Waals surface area contributed by atoms with E-state index in [0.29, 0.717) is 6.54 Å². The van der Waals surface area contributed by atoms with Gasteiger partial charge in [-0.2, -0.15) is 0 Å². The van der Waals surface area contributed by atoms with E-state index >= 15 is 0 Å². The fourth-order valence-corrected chi connectivity index (χ4v) is 1.47. The Labute approximate surface area is 103 Å². The van der Waals surface area contributed by atoms with Gasteiger partial charge in [-0.15, -0.1) is 6.42 Å². The van der Waals surface area contributed by atoms with Crippen molar-refractivity contribution in [3.8, 4) is 18.1 Å². The van der Waals surface area contributed by atoms with Crippen molar-refractivity contribution in [2.24, 2.45) is 0 Å². The predicted octanol–water partition coefficient (Wildman–Crippen LogP) is 1.56. The lowest BCUT2D eigenvalue weighted by atomic mass is 10.2. The third kappa shape index (κ3) is 4.90. The van der Waals surface area contributed by atoms with Crippen LogP contribution in [0.2, 0.25) is 0 Å². The summed E-state index contributed by atoms with van der Waals surface area (Å²) in [5, 5.41) is 12.3. The minimum atomic E-state index is 0.144. The normalized spacial score (nSPS) is 11.8. The van der Waals surface area contributed by atoms with Crippen LogP contribution in [-0.4, -0.2) is 24.4 Å². The molecule has 92 valence electrons. The Kier molecular flexibility index (Phi) is 6.16. The molecule has 17 heavy (non-hydrogen) atoms. The fraction of sp³-hybridized carbons (Fsp3) is 0.429. The first-order chi connectivity index (χ1) is 8.30. The molecule has 0 amide bonds. The molecule has 0 spiro atoms. The van der Waals surface area contributed by atoms with Gasteiger partial charge in [-0.1, -0.05) is 25.0 Å². The van der Waals surface area contributed by atoms with E-state index in [-0.39, 0.29) is 19.3 Å². The lowest BCUT2D eigenvalue weighted by molar-refractivity contribution is 0.238. The Morgan fingerprint density at radius 2 is 2.35 bits per heavy atom. The smallest absolute Gasteiger partial charge is 0.148 e.